The molecule has 0 unspecified atom stereocenters. The fourth-order valence-corrected chi connectivity index (χ4v) is 1.36. The number of aliphatic hydroxyl groups is 1. The van der Waals surface area contributed by atoms with Gasteiger partial charge in [-0.2, -0.15) is 0 Å². The van der Waals surface area contributed by atoms with Crippen LogP contribution in [0, 0.1) is 0 Å². The number of hydrogen-bond donors (Lipinski definition) is 1. The molecule has 16 heavy (non-hydrogen) atoms. The molecule has 1 amide bonds. The quantitative estimate of drug-likeness (QED) is 0.822. The van der Waals surface area contributed by atoms with E-state index >= 15 is 0 Å². The van der Waals surface area contributed by atoms with Crippen molar-refractivity contribution in [2.75, 3.05) is 24.4 Å². The summed E-state index contributed by atoms with van der Waals surface area (Å²) < 4.78 is 4.64. The maximum absolute atomic E-state index is 11.5. The van der Waals surface area contributed by atoms with Crippen LogP contribution in [0.1, 0.15) is 0 Å². The van der Waals surface area contributed by atoms with Crippen molar-refractivity contribution in [3.8, 4) is 0 Å². The number of hydrogen-bond acceptors (Lipinski definition) is 3. The third-order valence-electron chi connectivity index (χ3n) is 2.03. The molecule has 0 saturated heterocycles. The van der Waals surface area contributed by atoms with E-state index in [-0.39, 0.29) is 12.4 Å². The number of methoxy groups -OCH3 is 1. The van der Waals surface area contributed by atoms with Gasteiger partial charge in [-0.05, 0) is 12.1 Å². The predicted octanol–water partition coefficient (Wildman–Crippen LogP) is 1.86. The Labute approximate surface area is 99.4 Å². The minimum atomic E-state index is -0.777. The summed E-state index contributed by atoms with van der Waals surface area (Å²) >= 11 is 5.50. The summed E-state index contributed by atoms with van der Waals surface area (Å²) in [5.74, 6) is 0.0698. The van der Waals surface area contributed by atoms with E-state index in [0.29, 0.717) is 5.69 Å². The van der Waals surface area contributed by atoms with E-state index in [9.17, 15) is 9.90 Å². The smallest absolute Gasteiger partial charge is 0.414 e. The largest absolute Gasteiger partial charge is 0.452 e. The van der Waals surface area contributed by atoms with Gasteiger partial charge < -0.3 is 9.84 Å². The molecular weight excluding hydrogens is 230 g/mol. The van der Waals surface area contributed by atoms with E-state index in [4.69, 9.17) is 11.6 Å². The average molecular weight is 244 g/mol. The molecule has 1 N–H and O–H groups in total. The maximum atomic E-state index is 11.5. The van der Waals surface area contributed by atoms with Crippen LogP contribution in [0.5, 0.6) is 0 Å². The molecule has 0 spiro atoms. The molecule has 1 atom stereocenters. The Morgan fingerprint density at radius 3 is 2.62 bits per heavy atom. The second kappa shape index (κ2) is 6.35. The van der Waals surface area contributed by atoms with Gasteiger partial charge in [0.15, 0.2) is 0 Å². The molecule has 1 aromatic rings. The number of aliphatic hydroxyl groups excluding tert-OH is 1. The fourth-order valence-electron chi connectivity index (χ4n) is 1.26. The Bertz CT molecular complexity index is 331. The van der Waals surface area contributed by atoms with Gasteiger partial charge >= 0.3 is 6.09 Å². The standard InChI is InChI=1S/C11H14ClNO3/c1-16-11(15)13(8-10(14)7-12)9-5-3-2-4-6-9/h2-6,10,14H,7-8H2,1H3/t10-/m0/s1. The molecule has 0 radical (unpaired) electrons. The van der Waals surface area contributed by atoms with E-state index in [1.165, 1.54) is 12.0 Å². The van der Waals surface area contributed by atoms with E-state index in [1.54, 1.807) is 24.3 Å². The van der Waals surface area contributed by atoms with Gasteiger partial charge in [-0.1, -0.05) is 18.2 Å². The van der Waals surface area contributed by atoms with E-state index in [1.807, 2.05) is 6.07 Å². The Morgan fingerprint density at radius 1 is 1.50 bits per heavy atom. The lowest BCUT2D eigenvalue weighted by molar-refractivity contribution is 0.166. The molecule has 4 nitrogen and oxygen atoms in total. The first kappa shape index (κ1) is 12.8. The summed E-state index contributed by atoms with van der Waals surface area (Å²) in [5, 5.41) is 9.45. The highest BCUT2D eigenvalue weighted by Gasteiger charge is 2.19. The number of rotatable bonds is 4. The van der Waals surface area contributed by atoms with Crippen molar-refractivity contribution in [2.24, 2.45) is 0 Å². The highest BCUT2D eigenvalue weighted by Crippen LogP contribution is 2.15. The zero-order valence-corrected chi connectivity index (χ0v) is 9.72. The first-order valence-electron chi connectivity index (χ1n) is 4.83. The van der Waals surface area contributed by atoms with Crippen molar-refractivity contribution in [1.29, 1.82) is 0 Å². The number of carbonyl (C=O) groups is 1. The van der Waals surface area contributed by atoms with Crippen molar-refractivity contribution >= 4 is 23.4 Å². The monoisotopic (exact) mass is 243 g/mol. The van der Waals surface area contributed by atoms with E-state index in [0.717, 1.165) is 0 Å². The molecule has 1 aromatic carbocycles. The van der Waals surface area contributed by atoms with Gasteiger partial charge in [0.05, 0.1) is 25.6 Å². The van der Waals surface area contributed by atoms with Crippen molar-refractivity contribution in [3.05, 3.63) is 30.3 Å². The summed E-state index contributed by atoms with van der Waals surface area (Å²) in [6, 6.07) is 8.98. The summed E-state index contributed by atoms with van der Waals surface area (Å²) in [4.78, 5) is 12.9. The number of nitrogens with zero attached hydrogens (tertiary/aromatic N) is 1. The van der Waals surface area contributed by atoms with Gasteiger partial charge in [-0.25, -0.2) is 4.79 Å². The molecule has 0 aliphatic heterocycles. The van der Waals surface area contributed by atoms with Gasteiger partial charge in [0.2, 0.25) is 0 Å². The van der Waals surface area contributed by atoms with Crippen molar-refractivity contribution in [2.45, 2.75) is 6.10 Å². The minimum Gasteiger partial charge on any atom is -0.452 e. The highest BCUT2D eigenvalue weighted by atomic mass is 35.5. The Kier molecular flexibility index (Phi) is 5.08. The molecule has 0 bridgehead atoms. The van der Waals surface area contributed by atoms with Crippen LogP contribution < -0.4 is 4.90 Å². The Morgan fingerprint density at radius 2 is 2.12 bits per heavy atom. The SMILES string of the molecule is COC(=O)N(C[C@@H](O)CCl)c1ccccc1. The van der Waals surface area contributed by atoms with Crippen molar-refractivity contribution < 1.29 is 14.6 Å². The molecule has 0 saturated carbocycles. The number of alkyl halides is 1. The third-order valence-corrected chi connectivity index (χ3v) is 2.39. The number of carbonyl (C=O) groups excluding carboxylic acids is 1. The van der Waals surface area contributed by atoms with Crippen LogP contribution in [-0.2, 0) is 4.74 Å². The molecule has 5 heteroatoms. The topological polar surface area (TPSA) is 49.8 Å². The summed E-state index contributed by atoms with van der Waals surface area (Å²) in [6.07, 6.45) is -1.30. The van der Waals surface area contributed by atoms with Gasteiger partial charge in [-0.15, -0.1) is 11.6 Å². The maximum Gasteiger partial charge on any atom is 0.414 e. The third kappa shape index (κ3) is 3.40. The number of para-hydroxylation sites is 1. The normalized spacial score (nSPS) is 11.9. The second-order valence-electron chi connectivity index (χ2n) is 3.22. The Hall–Kier alpha value is -1.26. The Balaban J connectivity index is 2.84. The zero-order valence-electron chi connectivity index (χ0n) is 8.97. The van der Waals surface area contributed by atoms with Gasteiger partial charge in [0, 0.05) is 5.69 Å². The number of halogens is 1. The van der Waals surface area contributed by atoms with Gasteiger partial charge in [-0.3, -0.25) is 4.90 Å². The lowest BCUT2D eigenvalue weighted by atomic mass is 10.2. The molecule has 88 valence electrons. The van der Waals surface area contributed by atoms with Crippen LogP contribution in [0.15, 0.2) is 30.3 Å². The average Bonchev–Trinajstić information content (AvgIpc) is 2.35. The fraction of sp³-hybridized carbons (Fsp3) is 0.364. The lowest BCUT2D eigenvalue weighted by Gasteiger charge is -2.23. The molecule has 1 rings (SSSR count). The van der Waals surface area contributed by atoms with Gasteiger partial charge in [0.25, 0.3) is 0 Å². The second-order valence-corrected chi connectivity index (χ2v) is 3.53. The van der Waals surface area contributed by atoms with Crippen molar-refractivity contribution in [1.82, 2.24) is 0 Å². The van der Waals surface area contributed by atoms with Crippen LogP contribution in [-0.4, -0.2) is 36.8 Å². The number of benzene rings is 1. The van der Waals surface area contributed by atoms with Crippen LogP contribution in [0.3, 0.4) is 0 Å². The van der Waals surface area contributed by atoms with Crippen LogP contribution in [0.25, 0.3) is 0 Å². The number of amides is 1. The summed E-state index contributed by atoms with van der Waals surface area (Å²) in [5.41, 5.74) is 0.665. The zero-order chi connectivity index (χ0) is 12.0. The van der Waals surface area contributed by atoms with Crippen LogP contribution in [0.4, 0.5) is 10.5 Å². The van der Waals surface area contributed by atoms with Crippen LogP contribution >= 0.6 is 11.6 Å². The molecule has 0 aliphatic carbocycles. The van der Waals surface area contributed by atoms with Crippen LogP contribution in [0.2, 0.25) is 0 Å². The molecule has 0 heterocycles. The molecule has 0 aromatic heterocycles. The predicted molar refractivity (Wildman–Crippen MR) is 62.9 cm³/mol. The first-order chi connectivity index (χ1) is 7.69. The summed E-state index contributed by atoms with van der Waals surface area (Å²) in [6.45, 7) is 0.111. The first-order valence-corrected chi connectivity index (χ1v) is 5.37. The van der Waals surface area contributed by atoms with E-state index in [2.05, 4.69) is 4.74 Å². The molecular formula is C11H14ClNO3. The minimum absolute atomic E-state index is 0.0698. The molecule has 0 fully saturated rings. The van der Waals surface area contributed by atoms with Gasteiger partial charge in [0.1, 0.15) is 0 Å². The molecule has 0 aliphatic rings. The number of anilines is 1. The number of ether oxygens (including phenoxy) is 1. The van der Waals surface area contributed by atoms with E-state index < -0.39 is 12.2 Å². The summed E-state index contributed by atoms with van der Waals surface area (Å²) in [7, 11) is 1.30. The highest BCUT2D eigenvalue weighted by molar-refractivity contribution is 6.18. The lowest BCUT2D eigenvalue weighted by Crippen LogP contribution is -2.38. The van der Waals surface area contributed by atoms with Crippen molar-refractivity contribution in [3.63, 3.8) is 0 Å².